The number of aliphatic carboxylic acids is 2. The van der Waals surface area contributed by atoms with E-state index in [0.717, 1.165) is 34.5 Å². The van der Waals surface area contributed by atoms with Gasteiger partial charge in [0, 0.05) is 30.1 Å². The van der Waals surface area contributed by atoms with E-state index < -0.39 is 107 Å². The maximum Gasteiger partial charge on any atom is 0.333 e. The zero-order valence-corrected chi connectivity index (χ0v) is 37.3. The first-order chi connectivity index (χ1) is 28.9. The molecule has 0 heterocycles. The van der Waals surface area contributed by atoms with Gasteiger partial charge in [-0.1, -0.05) is 33.6 Å². The third kappa shape index (κ3) is 15.1. The quantitative estimate of drug-likeness (QED) is 0.0719. The van der Waals surface area contributed by atoms with E-state index in [0.29, 0.717) is 0 Å². The van der Waals surface area contributed by atoms with E-state index >= 15 is 0 Å². The number of carbonyl (C=O) groups excluding carboxylic acids is 8. The smallest absolute Gasteiger partial charge is 0.333 e. The topological polar surface area (TPSA) is 285 Å². The number of carboxylic acids is 2. The lowest BCUT2D eigenvalue weighted by atomic mass is 9.50. The van der Waals surface area contributed by atoms with Crippen molar-refractivity contribution in [1.82, 2.24) is 0 Å². The molecule has 20 heteroatoms. The maximum absolute atomic E-state index is 13.3. The van der Waals surface area contributed by atoms with E-state index in [2.05, 4.69) is 19.7 Å². The van der Waals surface area contributed by atoms with Gasteiger partial charge in [-0.2, -0.15) is 0 Å². The van der Waals surface area contributed by atoms with Gasteiger partial charge in [0.25, 0.3) is 0 Å². The normalized spacial score (nSPS) is 17.7. The first-order valence-corrected chi connectivity index (χ1v) is 19.4. The molecule has 0 radical (unpaired) electrons. The van der Waals surface area contributed by atoms with E-state index in [4.69, 9.17) is 43.0 Å². The van der Waals surface area contributed by atoms with Gasteiger partial charge in [0.2, 0.25) is 0 Å². The lowest BCUT2D eigenvalue weighted by molar-refractivity contribution is -0.195. The number of methoxy groups -OCH3 is 4. The van der Waals surface area contributed by atoms with Crippen LogP contribution >= 0.6 is 0 Å². The molecule has 1 aliphatic carbocycles. The van der Waals surface area contributed by atoms with Crippen molar-refractivity contribution in [3.05, 3.63) is 37.0 Å². The lowest BCUT2D eigenvalue weighted by Crippen LogP contribution is -2.59. The van der Waals surface area contributed by atoms with Gasteiger partial charge < -0.3 is 48.1 Å². The third-order valence-corrected chi connectivity index (χ3v) is 9.81. The molecule has 0 saturated heterocycles. The molecule has 0 bridgehead atoms. The second-order valence-electron chi connectivity index (χ2n) is 14.0. The van der Waals surface area contributed by atoms with Gasteiger partial charge in [0.05, 0.1) is 71.6 Å². The summed E-state index contributed by atoms with van der Waals surface area (Å²) in [6.07, 6.45) is -1.04. The van der Waals surface area contributed by atoms with Crippen molar-refractivity contribution in [2.45, 2.75) is 86.5 Å². The van der Waals surface area contributed by atoms with Crippen molar-refractivity contribution in [2.24, 2.45) is 27.6 Å². The first-order valence-electron chi connectivity index (χ1n) is 19.4. The number of hydrogen-bond donors (Lipinski definition) is 2. The number of ether oxygens (including phenoxy) is 8. The van der Waals surface area contributed by atoms with Crippen LogP contribution in [0.2, 0.25) is 0 Å². The van der Waals surface area contributed by atoms with Crippen molar-refractivity contribution in [2.75, 3.05) is 54.9 Å². The Kier molecular flexibility index (Phi) is 25.3. The summed E-state index contributed by atoms with van der Waals surface area (Å²) < 4.78 is 39.4. The first kappa shape index (κ1) is 58.0. The zero-order valence-electron chi connectivity index (χ0n) is 37.3. The minimum atomic E-state index is -2.02. The molecule has 62 heavy (non-hydrogen) atoms. The van der Waals surface area contributed by atoms with Gasteiger partial charge in [-0.05, 0) is 59.8 Å². The van der Waals surface area contributed by atoms with Crippen molar-refractivity contribution >= 4 is 59.7 Å². The summed E-state index contributed by atoms with van der Waals surface area (Å²) in [7, 11) is 4.32. The van der Waals surface area contributed by atoms with E-state index in [9.17, 15) is 53.1 Å². The highest BCUT2D eigenvalue weighted by molar-refractivity contribution is 6.04. The fourth-order valence-corrected chi connectivity index (χ4v) is 7.07. The molecule has 0 aromatic carbocycles. The number of carbonyl (C=O) groups is 10. The van der Waals surface area contributed by atoms with Crippen LogP contribution in [0.1, 0.15) is 86.5 Å². The van der Waals surface area contributed by atoms with Crippen LogP contribution in [0.25, 0.3) is 0 Å². The molecule has 0 aliphatic heterocycles. The molecule has 0 aromatic heterocycles. The molecule has 2 N–H and O–H groups in total. The molecule has 1 rings (SSSR count). The van der Waals surface area contributed by atoms with E-state index in [1.54, 1.807) is 34.6 Å². The summed E-state index contributed by atoms with van der Waals surface area (Å²) in [5.41, 5.74) is -7.39. The second-order valence-corrected chi connectivity index (χ2v) is 14.0. The Balaban J connectivity index is 0. The number of esters is 8. The van der Waals surface area contributed by atoms with Crippen molar-refractivity contribution < 1.29 is 96.1 Å². The Morgan fingerprint density at radius 3 is 1.24 bits per heavy atom. The van der Waals surface area contributed by atoms with Crippen LogP contribution in [0.15, 0.2) is 37.0 Å². The number of rotatable bonds is 21. The van der Waals surface area contributed by atoms with Gasteiger partial charge >= 0.3 is 59.7 Å². The summed E-state index contributed by atoms with van der Waals surface area (Å²) in [6.45, 7) is 19.8. The molecule has 1 saturated carbocycles. The maximum atomic E-state index is 13.3. The van der Waals surface area contributed by atoms with Crippen LogP contribution in [0.5, 0.6) is 0 Å². The molecule has 3 unspecified atom stereocenters. The predicted octanol–water partition coefficient (Wildman–Crippen LogP) is 3.72. The highest BCUT2D eigenvalue weighted by atomic mass is 16.6. The molecule has 1 aliphatic rings. The van der Waals surface area contributed by atoms with Gasteiger partial charge in [-0.15, -0.1) is 0 Å². The van der Waals surface area contributed by atoms with E-state index in [1.165, 1.54) is 6.92 Å². The molecule has 1 fully saturated rings. The van der Waals surface area contributed by atoms with Crippen molar-refractivity contribution in [1.29, 1.82) is 0 Å². The summed E-state index contributed by atoms with van der Waals surface area (Å²) >= 11 is 0. The zero-order chi connectivity index (χ0) is 48.6. The summed E-state index contributed by atoms with van der Waals surface area (Å²) in [4.78, 5) is 122. The van der Waals surface area contributed by atoms with Gasteiger partial charge in [-0.3, -0.25) is 33.6 Å². The highest BCUT2D eigenvalue weighted by Gasteiger charge is 2.67. The standard InChI is InChI=1S/C22H34O10.C17H24O8.C3H4O2/c1-7-20(16(25)31-8-2)11-21(17(26)32-9-3,10-14(4)15(23)24)13-22(12-20,18(27)29-5)19(28)30-6;1-7-24-13(18)11(3)9-17(15(20)22-5,16(21)23-6)10-12(4)14(19)25-8-2;1-2-3(4)5/h14H,7-13H2,1-6H3,(H,23,24);3-4,7-10H2,1-2,5-6H3;2H,1H2,(H,4,5). The predicted molar refractivity (Wildman–Crippen MR) is 215 cm³/mol. The average Bonchev–Trinajstić information content (AvgIpc) is 3.24. The summed E-state index contributed by atoms with van der Waals surface area (Å²) in [5, 5.41) is 17.1. The third-order valence-electron chi connectivity index (χ3n) is 9.81. The van der Waals surface area contributed by atoms with Crippen LogP contribution in [0.3, 0.4) is 0 Å². The summed E-state index contributed by atoms with van der Waals surface area (Å²) in [6, 6.07) is 0. The molecular weight excluding hydrogens is 824 g/mol. The monoisotopic (exact) mass is 886 g/mol. The largest absolute Gasteiger partial charge is 0.481 e. The molecule has 0 aromatic rings. The van der Waals surface area contributed by atoms with Gasteiger partial charge in [0.15, 0.2) is 10.8 Å². The Bertz CT molecular complexity index is 1610. The number of carboxylic acid groups (broad SMARTS) is 2. The Morgan fingerprint density at radius 1 is 0.597 bits per heavy atom. The van der Waals surface area contributed by atoms with Gasteiger partial charge in [0.1, 0.15) is 0 Å². The van der Waals surface area contributed by atoms with E-state index in [1.807, 2.05) is 0 Å². The van der Waals surface area contributed by atoms with Crippen LogP contribution in [-0.4, -0.2) is 125 Å². The molecule has 20 nitrogen and oxygen atoms in total. The lowest BCUT2D eigenvalue weighted by Gasteiger charge is -2.51. The van der Waals surface area contributed by atoms with Crippen LogP contribution in [0.4, 0.5) is 0 Å². The van der Waals surface area contributed by atoms with Crippen LogP contribution in [-0.2, 0) is 85.8 Å². The Hall–Kier alpha value is -6.08. The molecule has 3 atom stereocenters. The van der Waals surface area contributed by atoms with Crippen LogP contribution in [0, 0.1) is 27.6 Å². The fourth-order valence-electron chi connectivity index (χ4n) is 7.07. The molecular formula is C42H62O20. The second kappa shape index (κ2) is 27.0. The SMILES string of the molecule is C=C(CC(CC(=C)C(=O)OCC)(C(=O)OC)C(=O)OC)C(=O)OCC.C=CC(=O)O.CCOC(=O)C1(CC)CC(CC(C)C(=O)O)(C(=O)OCC)CC(C(=O)OC)(C(=O)OC)C1. The van der Waals surface area contributed by atoms with Crippen molar-refractivity contribution in [3.8, 4) is 0 Å². The molecule has 0 amide bonds. The van der Waals surface area contributed by atoms with E-state index in [-0.39, 0.29) is 63.3 Å². The minimum Gasteiger partial charge on any atom is -0.481 e. The minimum absolute atomic E-state index is 0.00991. The Labute approximate surface area is 361 Å². The fraction of sp³-hybridized carbons (Fsp3) is 0.619. The Morgan fingerprint density at radius 2 is 0.952 bits per heavy atom. The molecule has 350 valence electrons. The van der Waals surface area contributed by atoms with Gasteiger partial charge in [-0.25, -0.2) is 14.4 Å². The molecule has 0 spiro atoms. The highest BCUT2D eigenvalue weighted by Crippen LogP contribution is 2.60. The summed E-state index contributed by atoms with van der Waals surface area (Å²) in [5.74, 6) is -10.1. The number of hydrogen-bond acceptors (Lipinski definition) is 18. The average molecular weight is 887 g/mol. The van der Waals surface area contributed by atoms with Crippen LogP contribution < -0.4 is 0 Å². The van der Waals surface area contributed by atoms with Crippen molar-refractivity contribution in [3.63, 3.8) is 0 Å².